The number of aromatic amines is 1. The third-order valence-corrected chi connectivity index (χ3v) is 4.14. The zero-order valence-electron chi connectivity index (χ0n) is 10.9. The van der Waals surface area contributed by atoms with Crippen molar-refractivity contribution in [3.8, 4) is 0 Å². The Morgan fingerprint density at radius 2 is 2.12 bits per heavy atom. The molecule has 2 nitrogen and oxygen atoms in total. The molecule has 0 saturated carbocycles. The van der Waals surface area contributed by atoms with E-state index in [1.807, 2.05) is 0 Å². The summed E-state index contributed by atoms with van der Waals surface area (Å²) in [5.74, 6) is 0. The van der Waals surface area contributed by atoms with Crippen LogP contribution in [0.15, 0.2) is 18.2 Å². The van der Waals surface area contributed by atoms with Gasteiger partial charge in [0.15, 0.2) is 0 Å². The van der Waals surface area contributed by atoms with Crippen LogP contribution in [0.3, 0.4) is 0 Å². The number of para-hydroxylation sites is 1. The topological polar surface area (TPSA) is 19.0 Å². The quantitative estimate of drug-likeness (QED) is 0.795. The average molecular weight is 228 g/mol. The van der Waals surface area contributed by atoms with Gasteiger partial charge in [-0.1, -0.05) is 18.2 Å². The third-order valence-electron chi connectivity index (χ3n) is 4.14. The van der Waals surface area contributed by atoms with E-state index in [0.29, 0.717) is 6.04 Å². The standard InChI is InChI=1S/C15H20N2/c1-10-5-4-6-12-13-9-11(17(2)3)7-8-14(13)16-15(10)12/h4-6,11,16H,7-9H2,1-3H3. The molecule has 0 saturated heterocycles. The zero-order chi connectivity index (χ0) is 12.0. The minimum atomic E-state index is 0.696. The number of rotatable bonds is 1. The van der Waals surface area contributed by atoms with Crippen molar-refractivity contribution < 1.29 is 0 Å². The number of aromatic nitrogens is 1. The first-order valence-corrected chi connectivity index (χ1v) is 6.42. The van der Waals surface area contributed by atoms with Crippen molar-refractivity contribution in [1.82, 2.24) is 9.88 Å². The van der Waals surface area contributed by atoms with Crippen molar-refractivity contribution in [2.45, 2.75) is 32.2 Å². The number of hydrogen-bond donors (Lipinski definition) is 1. The Morgan fingerprint density at radius 3 is 2.88 bits per heavy atom. The summed E-state index contributed by atoms with van der Waals surface area (Å²) >= 11 is 0. The summed E-state index contributed by atoms with van der Waals surface area (Å²) in [6, 6.07) is 7.32. The molecule has 1 aromatic heterocycles. The van der Waals surface area contributed by atoms with E-state index in [-0.39, 0.29) is 0 Å². The molecule has 1 aliphatic carbocycles. The molecule has 0 radical (unpaired) electrons. The molecule has 1 atom stereocenters. The van der Waals surface area contributed by atoms with Gasteiger partial charge in [-0.15, -0.1) is 0 Å². The highest BCUT2D eigenvalue weighted by Crippen LogP contribution is 2.31. The molecule has 17 heavy (non-hydrogen) atoms. The Hall–Kier alpha value is -1.28. The summed E-state index contributed by atoms with van der Waals surface area (Å²) in [6.07, 6.45) is 3.64. The monoisotopic (exact) mass is 228 g/mol. The molecule has 0 fully saturated rings. The third kappa shape index (κ3) is 1.67. The van der Waals surface area contributed by atoms with Crippen LogP contribution in [0.5, 0.6) is 0 Å². The van der Waals surface area contributed by atoms with Gasteiger partial charge >= 0.3 is 0 Å². The largest absolute Gasteiger partial charge is 0.358 e. The highest BCUT2D eigenvalue weighted by molar-refractivity contribution is 5.87. The predicted octanol–water partition coefficient (Wildman–Crippen LogP) is 2.90. The number of hydrogen-bond acceptors (Lipinski definition) is 1. The van der Waals surface area contributed by atoms with Gasteiger partial charge in [0.05, 0.1) is 0 Å². The lowest BCUT2D eigenvalue weighted by Gasteiger charge is -2.28. The highest BCUT2D eigenvalue weighted by atomic mass is 15.1. The van der Waals surface area contributed by atoms with Crippen LogP contribution in [0, 0.1) is 6.92 Å². The summed E-state index contributed by atoms with van der Waals surface area (Å²) in [7, 11) is 4.38. The van der Waals surface area contributed by atoms with Gasteiger partial charge in [-0.05, 0) is 51.4 Å². The summed E-state index contributed by atoms with van der Waals surface area (Å²) < 4.78 is 0. The lowest BCUT2D eigenvalue weighted by molar-refractivity contribution is 0.268. The van der Waals surface area contributed by atoms with Gasteiger partial charge in [-0.25, -0.2) is 0 Å². The number of nitrogens with zero attached hydrogens (tertiary/aromatic N) is 1. The van der Waals surface area contributed by atoms with E-state index in [1.54, 1.807) is 5.56 Å². The van der Waals surface area contributed by atoms with E-state index in [2.05, 4.69) is 49.1 Å². The van der Waals surface area contributed by atoms with E-state index >= 15 is 0 Å². The maximum absolute atomic E-state index is 3.63. The predicted molar refractivity (Wildman–Crippen MR) is 72.5 cm³/mol. The maximum atomic E-state index is 3.63. The summed E-state index contributed by atoms with van der Waals surface area (Å²) in [5.41, 5.74) is 5.72. The molecule has 0 amide bonds. The van der Waals surface area contributed by atoms with Crippen LogP contribution in [-0.2, 0) is 12.8 Å². The van der Waals surface area contributed by atoms with Gasteiger partial charge in [0.1, 0.15) is 0 Å². The Labute approximate surface area is 103 Å². The number of nitrogens with one attached hydrogen (secondary N) is 1. The van der Waals surface area contributed by atoms with Crippen molar-refractivity contribution in [3.05, 3.63) is 35.0 Å². The fourth-order valence-corrected chi connectivity index (χ4v) is 3.01. The maximum Gasteiger partial charge on any atom is 0.0488 e. The molecule has 0 spiro atoms. The van der Waals surface area contributed by atoms with Crippen LogP contribution in [0.25, 0.3) is 10.9 Å². The molecule has 2 heteroatoms. The molecule has 0 bridgehead atoms. The zero-order valence-corrected chi connectivity index (χ0v) is 10.9. The Kier molecular flexibility index (Phi) is 2.48. The molecule has 1 unspecified atom stereocenters. The van der Waals surface area contributed by atoms with Gasteiger partial charge < -0.3 is 9.88 Å². The molecule has 2 aromatic rings. The fraction of sp³-hybridized carbons (Fsp3) is 0.467. The number of likely N-dealkylation sites (N-methyl/N-ethyl adjacent to an activating group) is 1. The first-order chi connectivity index (χ1) is 8.16. The van der Waals surface area contributed by atoms with Crippen LogP contribution in [0.4, 0.5) is 0 Å². The smallest absolute Gasteiger partial charge is 0.0488 e. The van der Waals surface area contributed by atoms with Gasteiger partial charge in [-0.3, -0.25) is 0 Å². The van der Waals surface area contributed by atoms with Crippen molar-refractivity contribution in [1.29, 1.82) is 0 Å². The van der Waals surface area contributed by atoms with E-state index < -0.39 is 0 Å². The van der Waals surface area contributed by atoms with Crippen molar-refractivity contribution in [3.63, 3.8) is 0 Å². The lowest BCUT2D eigenvalue weighted by atomic mass is 9.91. The Morgan fingerprint density at radius 1 is 1.29 bits per heavy atom. The van der Waals surface area contributed by atoms with Gasteiger partial charge in [0.25, 0.3) is 0 Å². The van der Waals surface area contributed by atoms with Crippen molar-refractivity contribution >= 4 is 10.9 Å². The van der Waals surface area contributed by atoms with Crippen LogP contribution in [0.1, 0.15) is 23.2 Å². The summed E-state index contributed by atoms with van der Waals surface area (Å²) in [5, 5.41) is 1.44. The Bertz CT molecular complexity index is 551. The number of H-pyrrole nitrogens is 1. The lowest BCUT2D eigenvalue weighted by Crippen LogP contribution is -2.33. The van der Waals surface area contributed by atoms with Crippen LogP contribution < -0.4 is 0 Å². The minimum Gasteiger partial charge on any atom is -0.358 e. The molecule has 1 aliphatic rings. The van der Waals surface area contributed by atoms with E-state index in [0.717, 1.165) is 0 Å². The first kappa shape index (κ1) is 10.8. The molecular formula is C15H20N2. The van der Waals surface area contributed by atoms with Gasteiger partial charge in [0, 0.05) is 22.6 Å². The molecule has 90 valence electrons. The minimum absolute atomic E-state index is 0.696. The normalized spacial score (nSPS) is 19.9. The number of fused-ring (bicyclic) bond motifs is 3. The van der Waals surface area contributed by atoms with E-state index in [4.69, 9.17) is 0 Å². The summed E-state index contributed by atoms with van der Waals surface area (Å²) in [6.45, 7) is 2.19. The number of benzene rings is 1. The molecule has 0 aliphatic heterocycles. The van der Waals surface area contributed by atoms with Crippen molar-refractivity contribution in [2.75, 3.05) is 14.1 Å². The van der Waals surface area contributed by atoms with Crippen LogP contribution in [-0.4, -0.2) is 30.0 Å². The summed E-state index contributed by atoms with van der Waals surface area (Å²) in [4.78, 5) is 5.98. The molecule has 3 rings (SSSR count). The van der Waals surface area contributed by atoms with E-state index in [1.165, 1.54) is 41.4 Å². The first-order valence-electron chi connectivity index (χ1n) is 6.42. The second kappa shape index (κ2) is 3.88. The highest BCUT2D eigenvalue weighted by Gasteiger charge is 2.23. The molecule has 1 aromatic carbocycles. The fourth-order valence-electron chi connectivity index (χ4n) is 3.01. The van der Waals surface area contributed by atoms with Gasteiger partial charge in [-0.2, -0.15) is 0 Å². The Balaban J connectivity index is 2.12. The average Bonchev–Trinajstić information content (AvgIpc) is 2.68. The second-order valence-electron chi connectivity index (χ2n) is 5.44. The van der Waals surface area contributed by atoms with Crippen LogP contribution >= 0.6 is 0 Å². The second-order valence-corrected chi connectivity index (χ2v) is 5.44. The van der Waals surface area contributed by atoms with Crippen molar-refractivity contribution in [2.24, 2.45) is 0 Å². The van der Waals surface area contributed by atoms with Gasteiger partial charge in [0.2, 0.25) is 0 Å². The molecular weight excluding hydrogens is 208 g/mol. The molecule has 1 N–H and O–H groups in total. The SMILES string of the molecule is Cc1cccc2c3c([nH]c12)CCC(N(C)C)C3. The van der Waals surface area contributed by atoms with E-state index in [9.17, 15) is 0 Å². The van der Waals surface area contributed by atoms with Crippen LogP contribution in [0.2, 0.25) is 0 Å². The number of aryl methyl sites for hydroxylation is 2. The molecule has 1 heterocycles.